The average Bonchev–Trinajstić information content (AvgIpc) is 3.09. The molecule has 0 atom stereocenters. The van der Waals surface area contributed by atoms with Crippen molar-refractivity contribution < 1.29 is 23.5 Å². The molecule has 0 bridgehead atoms. The Morgan fingerprint density at radius 3 is 2.86 bits per heavy atom. The van der Waals surface area contributed by atoms with Crippen molar-refractivity contribution in [1.82, 2.24) is 0 Å². The summed E-state index contributed by atoms with van der Waals surface area (Å²) < 4.78 is 15.2. The molecule has 3 rings (SSSR count). The van der Waals surface area contributed by atoms with Gasteiger partial charge in [-0.3, -0.25) is 4.79 Å². The first-order valence-electron chi connectivity index (χ1n) is 6.47. The van der Waals surface area contributed by atoms with Crippen LogP contribution in [0.2, 0.25) is 0 Å². The number of furan rings is 1. The van der Waals surface area contributed by atoms with Gasteiger partial charge in [0, 0.05) is 6.92 Å². The molecule has 1 aliphatic heterocycles. The minimum Gasteiger partial charge on any atom is -0.459 e. The lowest BCUT2D eigenvalue weighted by molar-refractivity contribution is -0.132. The lowest BCUT2D eigenvalue weighted by Crippen LogP contribution is -2.04. The first kappa shape index (κ1) is 13.8. The predicted molar refractivity (Wildman–Crippen MR) is 77.1 cm³/mol. The highest BCUT2D eigenvalue weighted by atomic mass is 16.6. The van der Waals surface area contributed by atoms with Crippen LogP contribution >= 0.6 is 0 Å². The molecule has 6 heteroatoms. The van der Waals surface area contributed by atoms with E-state index in [0.29, 0.717) is 17.1 Å². The number of rotatable bonds is 3. The smallest absolute Gasteiger partial charge is 0.363 e. The highest BCUT2D eigenvalue weighted by Crippen LogP contribution is 2.21. The summed E-state index contributed by atoms with van der Waals surface area (Å²) in [4.78, 5) is 26.9. The molecule has 0 fully saturated rings. The molecular formula is C16H11NO5. The van der Waals surface area contributed by atoms with Gasteiger partial charge < -0.3 is 13.9 Å². The molecule has 2 heterocycles. The van der Waals surface area contributed by atoms with E-state index in [1.807, 2.05) is 0 Å². The molecule has 0 saturated heterocycles. The van der Waals surface area contributed by atoms with Crippen molar-refractivity contribution in [2.24, 2.45) is 4.99 Å². The van der Waals surface area contributed by atoms with Crippen LogP contribution in [0.15, 0.2) is 57.8 Å². The van der Waals surface area contributed by atoms with Gasteiger partial charge in [0.1, 0.15) is 5.75 Å². The molecule has 1 aromatic heterocycles. The number of carbonyl (C=O) groups is 2. The monoisotopic (exact) mass is 297 g/mol. The number of carbonyl (C=O) groups excluding carboxylic acids is 2. The molecule has 0 spiro atoms. The molecule has 22 heavy (non-hydrogen) atoms. The van der Waals surface area contributed by atoms with E-state index >= 15 is 0 Å². The minimum absolute atomic E-state index is 0.123. The fraction of sp³-hybridized carbons (Fsp3) is 0.0625. The predicted octanol–water partition coefficient (Wildman–Crippen LogP) is 2.55. The molecule has 1 aromatic carbocycles. The maximum Gasteiger partial charge on any atom is 0.363 e. The molecule has 0 amide bonds. The third-order valence-electron chi connectivity index (χ3n) is 2.78. The number of ether oxygens (including phenoxy) is 2. The fourth-order valence-electron chi connectivity index (χ4n) is 1.91. The molecule has 0 radical (unpaired) electrons. The third kappa shape index (κ3) is 2.95. The Balaban J connectivity index is 1.88. The summed E-state index contributed by atoms with van der Waals surface area (Å²) in [6.45, 7) is 1.32. The Morgan fingerprint density at radius 1 is 1.27 bits per heavy atom. The number of aliphatic imine (C=N–C) groups is 1. The Morgan fingerprint density at radius 2 is 2.14 bits per heavy atom. The number of hydrogen-bond acceptors (Lipinski definition) is 6. The van der Waals surface area contributed by atoms with E-state index in [2.05, 4.69) is 4.99 Å². The summed E-state index contributed by atoms with van der Waals surface area (Å²) in [5, 5.41) is 0. The molecule has 1 aliphatic rings. The van der Waals surface area contributed by atoms with E-state index in [1.54, 1.807) is 42.5 Å². The number of cyclic esters (lactones) is 1. The Labute approximate surface area is 125 Å². The topological polar surface area (TPSA) is 78.1 Å². The first-order chi connectivity index (χ1) is 10.6. The number of esters is 2. The lowest BCUT2D eigenvalue weighted by Gasteiger charge is -2.01. The lowest BCUT2D eigenvalue weighted by atomic mass is 10.2. The van der Waals surface area contributed by atoms with Crippen LogP contribution in [0.4, 0.5) is 0 Å². The Kier molecular flexibility index (Phi) is 3.57. The fourth-order valence-corrected chi connectivity index (χ4v) is 1.91. The highest BCUT2D eigenvalue weighted by molar-refractivity contribution is 6.11. The van der Waals surface area contributed by atoms with E-state index in [-0.39, 0.29) is 11.6 Å². The van der Waals surface area contributed by atoms with Gasteiger partial charge in [0.2, 0.25) is 0 Å². The normalized spacial score (nSPS) is 15.6. The maximum absolute atomic E-state index is 11.8. The number of hydrogen-bond donors (Lipinski definition) is 0. The van der Waals surface area contributed by atoms with Crippen LogP contribution in [0.1, 0.15) is 18.2 Å². The van der Waals surface area contributed by atoms with E-state index in [9.17, 15) is 9.59 Å². The largest absolute Gasteiger partial charge is 0.459 e. The molecule has 2 aromatic rings. The van der Waals surface area contributed by atoms with E-state index in [4.69, 9.17) is 13.9 Å². The summed E-state index contributed by atoms with van der Waals surface area (Å²) in [5.74, 6) is -0.0845. The van der Waals surface area contributed by atoms with Crippen molar-refractivity contribution >= 4 is 23.9 Å². The molecule has 6 nitrogen and oxygen atoms in total. The first-order valence-corrected chi connectivity index (χ1v) is 6.47. The summed E-state index contributed by atoms with van der Waals surface area (Å²) in [7, 11) is 0. The van der Waals surface area contributed by atoms with Crippen molar-refractivity contribution in [2.45, 2.75) is 6.92 Å². The number of benzene rings is 1. The molecular weight excluding hydrogens is 286 g/mol. The Bertz CT molecular complexity index is 787. The number of nitrogens with zero attached hydrogens (tertiary/aromatic N) is 1. The van der Waals surface area contributed by atoms with Crippen molar-refractivity contribution in [3.05, 3.63) is 59.7 Å². The summed E-state index contributed by atoms with van der Waals surface area (Å²) in [5.41, 5.74) is 0.807. The minimum atomic E-state index is -0.565. The van der Waals surface area contributed by atoms with E-state index in [0.717, 1.165) is 0 Å². The summed E-state index contributed by atoms with van der Waals surface area (Å²) >= 11 is 0. The van der Waals surface area contributed by atoms with Crippen LogP contribution in [0, 0.1) is 0 Å². The van der Waals surface area contributed by atoms with Crippen LogP contribution in [0.5, 0.6) is 5.75 Å². The summed E-state index contributed by atoms with van der Waals surface area (Å²) in [6.07, 6.45) is 3.02. The van der Waals surface area contributed by atoms with Crippen LogP contribution in [-0.2, 0) is 14.3 Å². The van der Waals surface area contributed by atoms with Gasteiger partial charge in [0.25, 0.3) is 5.90 Å². The highest BCUT2D eigenvalue weighted by Gasteiger charge is 2.25. The quantitative estimate of drug-likeness (QED) is 0.494. The van der Waals surface area contributed by atoms with E-state index < -0.39 is 11.9 Å². The van der Waals surface area contributed by atoms with Crippen molar-refractivity contribution in [1.29, 1.82) is 0 Å². The van der Waals surface area contributed by atoms with Gasteiger partial charge >= 0.3 is 11.9 Å². The van der Waals surface area contributed by atoms with Gasteiger partial charge in [-0.25, -0.2) is 9.79 Å². The van der Waals surface area contributed by atoms with Crippen molar-refractivity contribution in [3.63, 3.8) is 0 Å². The molecule has 0 aliphatic carbocycles. The zero-order valence-corrected chi connectivity index (χ0v) is 11.6. The van der Waals surface area contributed by atoms with Gasteiger partial charge in [0.15, 0.2) is 11.5 Å². The van der Waals surface area contributed by atoms with E-state index in [1.165, 1.54) is 13.2 Å². The van der Waals surface area contributed by atoms with Crippen molar-refractivity contribution in [2.75, 3.05) is 0 Å². The van der Waals surface area contributed by atoms with Crippen LogP contribution in [0.3, 0.4) is 0 Å². The molecule has 0 N–H and O–H groups in total. The van der Waals surface area contributed by atoms with Gasteiger partial charge in [0.05, 0.1) is 6.26 Å². The third-order valence-corrected chi connectivity index (χ3v) is 2.78. The average molecular weight is 297 g/mol. The van der Waals surface area contributed by atoms with Crippen LogP contribution in [-0.4, -0.2) is 17.8 Å². The zero-order valence-electron chi connectivity index (χ0n) is 11.6. The second kappa shape index (κ2) is 5.69. The molecule has 110 valence electrons. The second-order valence-corrected chi connectivity index (χ2v) is 4.48. The van der Waals surface area contributed by atoms with Crippen molar-refractivity contribution in [3.8, 4) is 5.75 Å². The Hall–Kier alpha value is -3.15. The zero-order chi connectivity index (χ0) is 15.5. The molecule has 0 saturated carbocycles. The maximum atomic E-state index is 11.8. The van der Waals surface area contributed by atoms with Gasteiger partial charge in [-0.15, -0.1) is 0 Å². The SMILES string of the molecule is CC(=O)Oc1cccc(/C=C2\N=C(c3ccco3)OC2=O)c1. The van der Waals surface area contributed by atoms with Gasteiger partial charge in [-0.1, -0.05) is 12.1 Å². The summed E-state index contributed by atoms with van der Waals surface area (Å²) in [6, 6.07) is 10.1. The standard InChI is InChI=1S/C16H11NO5/c1-10(18)21-12-5-2-4-11(8-12)9-13-16(19)22-15(17-13)14-6-3-7-20-14/h2-9H,1H3/b13-9-. The van der Waals surface area contributed by atoms with Gasteiger partial charge in [-0.05, 0) is 35.9 Å². The second-order valence-electron chi connectivity index (χ2n) is 4.48. The van der Waals surface area contributed by atoms with Crippen LogP contribution < -0.4 is 4.74 Å². The van der Waals surface area contributed by atoms with Crippen LogP contribution in [0.25, 0.3) is 6.08 Å². The molecule has 0 unspecified atom stereocenters. The van der Waals surface area contributed by atoms with Gasteiger partial charge in [-0.2, -0.15) is 0 Å².